The molecule has 134 valence electrons. The van der Waals surface area contributed by atoms with E-state index in [1.165, 1.54) is 6.07 Å². The molecule has 0 N–H and O–H groups in total. The molecule has 5 heteroatoms. The van der Waals surface area contributed by atoms with Crippen molar-refractivity contribution in [2.24, 2.45) is 5.92 Å². The number of fused-ring (bicyclic) bond motifs is 1. The van der Waals surface area contributed by atoms with Gasteiger partial charge in [-0.3, -0.25) is 0 Å². The van der Waals surface area contributed by atoms with Gasteiger partial charge in [0.1, 0.15) is 5.82 Å². The fourth-order valence-electron chi connectivity index (χ4n) is 3.92. The van der Waals surface area contributed by atoms with E-state index in [2.05, 4.69) is 31.0 Å². The molecule has 0 spiro atoms. The van der Waals surface area contributed by atoms with Crippen molar-refractivity contribution in [3.8, 4) is 11.3 Å². The van der Waals surface area contributed by atoms with Crippen molar-refractivity contribution >= 4 is 11.6 Å². The second-order valence-electron chi connectivity index (χ2n) is 7.51. The van der Waals surface area contributed by atoms with Gasteiger partial charge in [0.25, 0.3) is 0 Å². The van der Waals surface area contributed by atoms with Crippen LogP contribution in [0, 0.1) is 11.7 Å². The number of benzene rings is 1. The maximum atomic E-state index is 14.3. The number of nitrogens with zero attached hydrogens (tertiary/aromatic N) is 2. The Kier molecular flexibility index (Phi) is 5.12. The highest BCUT2D eigenvalue weighted by Gasteiger charge is 2.39. The highest BCUT2D eigenvalue weighted by atomic mass is 35.5. The number of halogens is 2. The first-order valence-corrected chi connectivity index (χ1v) is 9.06. The summed E-state index contributed by atoms with van der Waals surface area (Å²) in [6.07, 6.45) is 2.06. The van der Waals surface area contributed by atoms with Crippen LogP contribution >= 0.6 is 11.6 Å². The van der Waals surface area contributed by atoms with Crippen LogP contribution in [0.15, 0.2) is 24.3 Å². The Bertz CT molecular complexity index is 760. The van der Waals surface area contributed by atoms with Gasteiger partial charge in [0.05, 0.1) is 28.6 Å². The van der Waals surface area contributed by atoms with Gasteiger partial charge in [-0.25, -0.2) is 4.39 Å². The zero-order valence-electron chi connectivity index (χ0n) is 15.1. The number of ether oxygens (including phenoxy) is 1. The minimum atomic E-state index is -0.377. The number of methoxy groups -OCH3 is 1. The Morgan fingerprint density at radius 1 is 1.36 bits per heavy atom. The highest BCUT2D eigenvalue weighted by Crippen LogP contribution is 2.45. The number of hydrogen-bond acceptors (Lipinski definition) is 3. The number of rotatable bonds is 4. The molecule has 0 radical (unpaired) electrons. The van der Waals surface area contributed by atoms with Gasteiger partial charge in [0, 0.05) is 12.5 Å². The quantitative estimate of drug-likeness (QED) is 0.733. The summed E-state index contributed by atoms with van der Waals surface area (Å²) in [4.78, 5) is 0. The Hall–Kier alpha value is -1.52. The predicted molar refractivity (Wildman–Crippen MR) is 98.5 cm³/mol. The van der Waals surface area contributed by atoms with E-state index in [0.29, 0.717) is 34.7 Å². The standard InChI is InChI=1S/C20H24ClFN2O/c1-12(2)13-8-9-20(3,11-25-4)19-14(13)10-17(23-24-19)18-15(21)6-5-7-16(18)22/h5-7,10,12-13H,8-9,11H2,1-4H3. The first-order valence-electron chi connectivity index (χ1n) is 8.69. The second kappa shape index (κ2) is 7.00. The molecular weight excluding hydrogens is 339 g/mol. The summed E-state index contributed by atoms with van der Waals surface area (Å²) in [7, 11) is 1.71. The van der Waals surface area contributed by atoms with E-state index >= 15 is 0 Å². The third kappa shape index (κ3) is 3.30. The number of aromatic nitrogens is 2. The summed E-state index contributed by atoms with van der Waals surface area (Å²) in [5.74, 6) is 0.469. The summed E-state index contributed by atoms with van der Waals surface area (Å²) in [6, 6.07) is 6.65. The monoisotopic (exact) mass is 362 g/mol. The van der Waals surface area contributed by atoms with Crippen molar-refractivity contribution in [1.29, 1.82) is 0 Å². The Labute approximate surface area is 153 Å². The molecule has 1 aromatic heterocycles. The van der Waals surface area contributed by atoms with Crippen molar-refractivity contribution in [1.82, 2.24) is 10.2 Å². The van der Waals surface area contributed by atoms with Crippen LogP contribution < -0.4 is 0 Å². The largest absolute Gasteiger partial charge is 0.384 e. The van der Waals surface area contributed by atoms with Crippen LogP contribution in [0.4, 0.5) is 4.39 Å². The minimum Gasteiger partial charge on any atom is -0.384 e. The van der Waals surface area contributed by atoms with Crippen molar-refractivity contribution in [2.45, 2.75) is 44.9 Å². The molecule has 0 amide bonds. The SMILES string of the molecule is COCC1(C)CCC(C(C)C)c2cc(-c3c(F)cccc3Cl)nnc21. The molecule has 1 aliphatic carbocycles. The molecule has 3 rings (SSSR count). The zero-order valence-corrected chi connectivity index (χ0v) is 15.9. The minimum absolute atomic E-state index is 0.167. The van der Waals surface area contributed by atoms with Gasteiger partial charge < -0.3 is 4.74 Å². The van der Waals surface area contributed by atoms with E-state index in [1.807, 2.05) is 6.07 Å². The van der Waals surface area contributed by atoms with Crippen molar-refractivity contribution in [3.05, 3.63) is 46.4 Å². The average Bonchev–Trinajstić information content (AvgIpc) is 2.55. The van der Waals surface area contributed by atoms with Crippen molar-refractivity contribution in [3.63, 3.8) is 0 Å². The van der Waals surface area contributed by atoms with Gasteiger partial charge in [-0.1, -0.05) is 38.4 Å². The molecule has 1 heterocycles. The molecule has 25 heavy (non-hydrogen) atoms. The fraction of sp³-hybridized carbons (Fsp3) is 0.500. The molecule has 2 atom stereocenters. The summed E-state index contributed by atoms with van der Waals surface area (Å²) in [5, 5.41) is 9.20. The lowest BCUT2D eigenvalue weighted by Gasteiger charge is -2.39. The molecule has 1 aromatic carbocycles. The maximum absolute atomic E-state index is 14.3. The van der Waals surface area contributed by atoms with Crippen molar-refractivity contribution < 1.29 is 9.13 Å². The van der Waals surface area contributed by atoms with Gasteiger partial charge in [0.2, 0.25) is 0 Å². The van der Waals surface area contributed by atoms with Gasteiger partial charge in [0.15, 0.2) is 0 Å². The van der Waals surface area contributed by atoms with Crippen LogP contribution in [0.2, 0.25) is 5.02 Å². The van der Waals surface area contributed by atoms with Gasteiger partial charge in [-0.05, 0) is 48.4 Å². The summed E-state index contributed by atoms with van der Waals surface area (Å²) in [6.45, 7) is 7.18. The lowest BCUT2D eigenvalue weighted by molar-refractivity contribution is 0.119. The smallest absolute Gasteiger partial charge is 0.134 e. The third-order valence-electron chi connectivity index (χ3n) is 5.29. The summed E-state index contributed by atoms with van der Waals surface area (Å²) >= 11 is 6.22. The van der Waals surface area contributed by atoms with Crippen LogP contribution in [-0.2, 0) is 10.2 Å². The van der Waals surface area contributed by atoms with E-state index in [0.717, 1.165) is 24.1 Å². The van der Waals surface area contributed by atoms with Crippen LogP contribution in [0.5, 0.6) is 0 Å². The average molecular weight is 363 g/mol. The Morgan fingerprint density at radius 2 is 2.12 bits per heavy atom. The zero-order chi connectivity index (χ0) is 18.2. The van der Waals surface area contributed by atoms with Gasteiger partial charge >= 0.3 is 0 Å². The fourth-order valence-corrected chi connectivity index (χ4v) is 4.18. The van der Waals surface area contributed by atoms with Crippen molar-refractivity contribution in [2.75, 3.05) is 13.7 Å². The maximum Gasteiger partial charge on any atom is 0.134 e. The predicted octanol–water partition coefficient (Wildman–Crippen LogP) is 5.37. The molecule has 3 nitrogen and oxygen atoms in total. The Balaban J connectivity index is 2.17. The molecule has 2 aromatic rings. The lowest BCUT2D eigenvalue weighted by atomic mass is 9.68. The third-order valence-corrected chi connectivity index (χ3v) is 5.60. The van der Waals surface area contributed by atoms with Gasteiger partial charge in [-0.2, -0.15) is 10.2 Å². The van der Waals surface area contributed by atoms with Crippen LogP contribution in [-0.4, -0.2) is 23.9 Å². The van der Waals surface area contributed by atoms with Crippen LogP contribution in [0.1, 0.15) is 50.8 Å². The van der Waals surface area contributed by atoms with E-state index < -0.39 is 0 Å². The summed E-state index contributed by atoms with van der Waals surface area (Å²) in [5.41, 5.74) is 2.76. The Morgan fingerprint density at radius 3 is 2.76 bits per heavy atom. The number of hydrogen-bond donors (Lipinski definition) is 0. The van der Waals surface area contributed by atoms with E-state index in [4.69, 9.17) is 16.3 Å². The second-order valence-corrected chi connectivity index (χ2v) is 7.92. The molecule has 1 aliphatic rings. The summed E-state index contributed by atoms with van der Waals surface area (Å²) < 4.78 is 19.8. The van der Waals surface area contributed by atoms with Crippen LogP contribution in [0.3, 0.4) is 0 Å². The molecule has 0 fully saturated rings. The highest BCUT2D eigenvalue weighted by molar-refractivity contribution is 6.33. The normalized spacial score (nSPS) is 22.9. The first kappa shape index (κ1) is 18.3. The van der Waals surface area contributed by atoms with Crippen LogP contribution in [0.25, 0.3) is 11.3 Å². The topological polar surface area (TPSA) is 35.0 Å². The van der Waals surface area contributed by atoms with E-state index in [9.17, 15) is 4.39 Å². The molecule has 0 saturated carbocycles. The molecule has 0 saturated heterocycles. The molecule has 0 bridgehead atoms. The molecule has 2 unspecified atom stereocenters. The first-order chi connectivity index (χ1) is 11.9. The lowest BCUT2D eigenvalue weighted by Crippen LogP contribution is -2.36. The van der Waals surface area contributed by atoms with E-state index in [-0.39, 0.29) is 11.2 Å². The van der Waals surface area contributed by atoms with E-state index in [1.54, 1.807) is 19.2 Å². The van der Waals surface area contributed by atoms with Gasteiger partial charge in [-0.15, -0.1) is 0 Å². The molecular formula is C20H24ClFN2O. The molecule has 0 aliphatic heterocycles.